The minimum absolute atomic E-state index is 0.0314. The van der Waals surface area contributed by atoms with Gasteiger partial charge in [-0.05, 0) is 56.2 Å². The van der Waals surface area contributed by atoms with Crippen LogP contribution in [0.25, 0.3) is 10.9 Å². The van der Waals surface area contributed by atoms with Crippen LogP contribution in [-0.2, 0) is 22.4 Å². The van der Waals surface area contributed by atoms with E-state index >= 15 is 0 Å². The lowest BCUT2D eigenvalue weighted by atomic mass is 9.89. The minimum atomic E-state index is -1.05. The number of nitrogens with zero attached hydrogens (tertiary/aromatic N) is 1. The first-order valence-corrected chi connectivity index (χ1v) is 11.8. The summed E-state index contributed by atoms with van der Waals surface area (Å²) >= 11 is 0. The lowest BCUT2D eigenvalue weighted by Gasteiger charge is -2.35. The van der Waals surface area contributed by atoms with E-state index in [0.29, 0.717) is 25.4 Å². The van der Waals surface area contributed by atoms with Crippen molar-refractivity contribution in [2.24, 2.45) is 11.7 Å². The Morgan fingerprint density at radius 1 is 1.09 bits per heavy atom. The lowest BCUT2D eigenvalue weighted by molar-refractivity contribution is -0.138. The second-order valence-corrected chi connectivity index (χ2v) is 9.77. The van der Waals surface area contributed by atoms with Crippen molar-refractivity contribution in [3.8, 4) is 0 Å². The number of H-pyrrole nitrogens is 1. The topological polar surface area (TPSA) is 91.2 Å². The fourth-order valence-electron chi connectivity index (χ4n) is 4.59. The molecule has 6 heteroatoms. The standard InChI is InChI=1S/C27H34N4O2/c1-27(2,28)26(33)30-24(17-21-18-29-23-11-7-6-10-22(21)23)25(32)31-14-12-20(13-15-31)16-19-8-4-3-5-9-19/h3-11,18,20,24,29H,12-17,28H2,1-2H3,(H,30,33). The number of aromatic nitrogens is 1. The third kappa shape index (κ3) is 5.63. The molecule has 2 amide bonds. The van der Waals surface area contributed by atoms with E-state index in [1.807, 2.05) is 41.4 Å². The van der Waals surface area contributed by atoms with Gasteiger partial charge in [0, 0.05) is 36.6 Å². The quantitative estimate of drug-likeness (QED) is 0.519. The first kappa shape index (κ1) is 23.1. The van der Waals surface area contributed by atoms with E-state index in [0.717, 1.165) is 35.7 Å². The predicted octanol–water partition coefficient (Wildman–Crippen LogP) is 3.41. The molecule has 4 N–H and O–H groups in total. The zero-order chi connectivity index (χ0) is 23.4. The van der Waals surface area contributed by atoms with Crippen molar-refractivity contribution >= 4 is 22.7 Å². The molecule has 2 aromatic carbocycles. The number of likely N-dealkylation sites (tertiary alicyclic amines) is 1. The van der Waals surface area contributed by atoms with Crippen molar-refractivity contribution in [1.29, 1.82) is 0 Å². The van der Waals surface area contributed by atoms with Crippen molar-refractivity contribution in [2.75, 3.05) is 13.1 Å². The molecule has 1 aromatic heterocycles. The highest BCUT2D eigenvalue weighted by atomic mass is 16.2. The Kier molecular flexibility index (Phi) is 6.84. The summed E-state index contributed by atoms with van der Waals surface area (Å²) in [5.41, 5.74) is 8.34. The number of para-hydroxylation sites is 1. The van der Waals surface area contributed by atoms with Crippen LogP contribution in [-0.4, -0.2) is 46.4 Å². The number of nitrogens with two attached hydrogens (primary N) is 1. The smallest absolute Gasteiger partial charge is 0.245 e. The molecular weight excluding hydrogens is 412 g/mol. The average Bonchev–Trinajstić information content (AvgIpc) is 3.21. The normalized spacial score (nSPS) is 16.0. The van der Waals surface area contributed by atoms with Gasteiger partial charge < -0.3 is 20.9 Å². The highest BCUT2D eigenvalue weighted by Crippen LogP contribution is 2.24. The van der Waals surface area contributed by atoms with Crippen LogP contribution in [0.5, 0.6) is 0 Å². The molecule has 0 aliphatic carbocycles. The van der Waals surface area contributed by atoms with Gasteiger partial charge in [0.15, 0.2) is 0 Å². The molecule has 6 nitrogen and oxygen atoms in total. The van der Waals surface area contributed by atoms with E-state index in [2.05, 4.69) is 34.6 Å². The van der Waals surface area contributed by atoms with Crippen LogP contribution >= 0.6 is 0 Å². The van der Waals surface area contributed by atoms with Crippen LogP contribution < -0.4 is 11.1 Å². The van der Waals surface area contributed by atoms with E-state index in [4.69, 9.17) is 5.73 Å². The van der Waals surface area contributed by atoms with Crippen LogP contribution in [0.1, 0.15) is 37.8 Å². The van der Waals surface area contributed by atoms with Crippen molar-refractivity contribution in [1.82, 2.24) is 15.2 Å². The summed E-state index contributed by atoms with van der Waals surface area (Å²) in [6.45, 7) is 4.74. The molecule has 3 aromatic rings. The molecule has 0 saturated carbocycles. The van der Waals surface area contributed by atoms with E-state index in [1.165, 1.54) is 5.56 Å². The molecule has 0 bridgehead atoms. The van der Waals surface area contributed by atoms with Crippen molar-refractivity contribution in [2.45, 2.75) is 51.1 Å². The van der Waals surface area contributed by atoms with Gasteiger partial charge in [-0.1, -0.05) is 48.5 Å². The zero-order valence-electron chi connectivity index (χ0n) is 19.5. The largest absolute Gasteiger partial charge is 0.361 e. The van der Waals surface area contributed by atoms with Crippen molar-refractivity contribution in [3.05, 3.63) is 71.9 Å². The summed E-state index contributed by atoms with van der Waals surface area (Å²) in [6, 6.07) is 17.9. The zero-order valence-corrected chi connectivity index (χ0v) is 19.5. The van der Waals surface area contributed by atoms with Crippen molar-refractivity contribution in [3.63, 3.8) is 0 Å². The van der Waals surface area contributed by atoms with Gasteiger partial charge in [0.1, 0.15) is 6.04 Å². The highest BCUT2D eigenvalue weighted by Gasteiger charge is 2.33. The Labute approximate surface area is 195 Å². The number of carbonyl (C=O) groups excluding carboxylic acids is 2. The van der Waals surface area contributed by atoms with E-state index in [9.17, 15) is 9.59 Å². The molecule has 1 aliphatic rings. The minimum Gasteiger partial charge on any atom is -0.361 e. The maximum Gasteiger partial charge on any atom is 0.245 e. The van der Waals surface area contributed by atoms with Crippen LogP contribution in [0.3, 0.4) is 0 Å². The van der Waals surface area contributed by atoms with Crippen LogP contribution in [0.4, 0.5) is 0 Å². The number of hydrogen-bond acceptors (Lipinski definition) is 3. The molecule has 1 saturated heterocycles. The number of fused-ring (bicyclic) bond motifs is 1. The number of rotatable bonds is 7. The van der Waals surface area contributed by atoms with Crippen molar-refractivity contribution < 1.29 is 9.59 Å². The molecule has 33 heavy (non-hydrogen) atoms. The molecule has 0 spiro atoms. The number of benzene rings is 2. The number of amides is 2. The number of aromatic amines is 1. The van der Waals surface area contributed by atoms with E-state index in [1.54, 1.807) is 13.8 Å². The molecule has 0 radical (unpaired) electrons. The van der Waals surface area contributed by atoms with E-state index in [-0.39, 0.29) is 11.8 Å². The Balaban J connectivity index is 1.45. The molecule has 1 unspecified atom stereocenters. The third-order valence-electron chi connectivity index (χ3n) is 6.58. The number of nitrogens with one attached hydrogen (secondary N) is 2. The third-order valence-corrected chi connectivity index (χ3v) is 6.58. The summed E-state index contributed by atoms with van der Waals surface area (Å²) in [4.78, 5) is 31.4. The van der Waals surface area contributed by atoms with Crippen LogP contribution in [0.15, 0.2) is 60.8 Å². The molecule has 1 fully saturated rings. The second kappa shape index (κ2) is 9.79. The molecule has 1 atom stereocenters. The van der Waals surface area contributed by atoms with Crippen LogP contribution in [0.2, 0.25) is 0 Å². The fraction of sp³-hybridized carbons (Fsp3) is 0.407. The first-order chi connectivity index (χ1) is 15.8. The van der Waals surface area contributed by atoms with Gasteiger partial charge in [-0.25, -0.2) is 0 Å². The molecular formula is C27H34N4O2. The van der Waals surface area contributed by atoms with Gasteiger partial charge in [-0.15, -0.1) is 0 Å². The maximum absolute atomic E-state index is 13.5. The number of carbonyl (C=O) groups is 2. The monoisotopic (exact) mass is 446 g/mol. The molecule has 174 valence electrons. The number of hydrogen-bond donors (Lipinski definition) is 3. The highest BCUT2D eigenvalue weighted by molar-refractivity contribution is 5.92. The summed E-state index contributed by atoms with van der Waals surface area (Å²) in [6.07, 6.45) is 5.33. The first-order valence-electron chi connectivity index (χ1n) is 11.8. The predicted molar refractivity (Wildman–Crippen MR) is 132 cm³/mol. The number of piperidine rings is 1. The summed E-state index contributed by atoms with van der Waals surface area (Å²) in [7, 11) is 0. The molecule has 4 rings (SSSR count). The Bertz CT molecular complexity index is 1090. The van der Waals surface area contributed by atoms with Crippen LogP contribution in [0, 0.1) is 5.92 Å². The van der Waals surface area contributed by atoms with Gasteiger partial charge in [0.2, 0.25) is 11.8 Å². The Hall–Kier alpha value is -3.12. The summed E-state index contributed by atoms with van der Waals surface area (Å²) < 4.78 is 0. The SMILES string of the molecule is CC(C)(N)C(=O)NC(Cc1c[nH]c2ccccc12)C(=O)N1CCC(Cc2ccccc2)CC1. The molecule has 1 aliphatic heterocycles. The van der Waals surface area contributed by atoms with Gasteiger partial charge in [0.05, 0.1) is 5.54 Å². The Morgan fingerprint density at radius 2 is 1.76 bits per heavy atom. The molecule has 2 heterocycles. The van der Waals surface area contributed by atoms with E-state index < -0.39 is 11.6 Å². The Morgan fingerprint density at radius 3 is 2.45 bits per heavy atom. The van der Waals surface area contributed by atoms with Gasteiger partial charge in [-0.3, -0.25) is 9.59 Å². The summed E-state index contributed by atoms with van der Waals surface area (Å²) in [5, 5.41) is 4.01. The lowest BCUT2D eigenvalue weighted by Crippen LogP contribution is -2.57. The second-order valence-electron chi connectivity index (χ2n) is 9.77. The summed E-state index contributed by atoms with van der Waals surface area (Å²) in [5.74, 6) is 0.219. The van der Waals surface area contributed by atoms with Gasteiger partial charge >= 0.3 is 0 Å². The van der Waals surface area contributed by atoms with Gasteiger partial charge in [0.25, 0.3) is 0 Å². The maximum atomic E-state index is 13.5. The average molecular weight is 447 g/mol. The fourth-order valence-corrected chi connectivity index (χ4v) is 4.59. The van der Waals surface area contributed by atoms with Gasteiger partial charge in [-0.2, -0.15) is 0 Å².